The van der Waals surface area contributed by atoms with Gasteiger partial charge in [0.1, 0.15) is 11.5 Å². The van der Waals surface area contributed by atoms with Crippen molar-refractivity contribution in [1.29, 1.82) is 0 Å². The second-order valence-corrected chi connectivity index (χ2v) is 5.73. The molecule has 2 rings (SSSR count). The lowest BCUT2D eigenvalue weighted by molar-refractivity contribution is -0.384. The van der Waals surface area contributed by atoms with E-state index in [4.69, 9.17) is 21.1 Å². The van der Waals surface area contributed by atoms with Crippen LogP contribution in [0.2, 0.25) is 5.02 Å². The van der Waals surface area contributed by atoms with E-state index in [2.05, 4.69) is 10.9 Å². The minimum absolute atomic E-state index is 0.0891. The third-order valence-corrected chi connectivity index (χ3v) is 3.49. The van der Waals surface area contributed by atoms with Gasteiger partial charge in [-0.2, -0.15) is 0 Å². The van der Waals surface area contributed by atoms with Crippen LogP contribution < -0.4 is 20.3 Å². The Morgan fingerprint density at radius 3 is 2.26 bits per heavy atom. The number of nitro benzene ring substituents is 1. The molecule has 10 heteroatoms. The number of non-ortho nitro benzene ring substituents is 1. The zero-order chi connectivity index (χ0) is 19.8. The Balaban J connectivity index is 1.73. The summed E-state index contributed by atoms with van der Waals surface area (Å²) < 4.78 is 10.6. The highest BCUT2D eigenvalue weighted by Crippen LogP contribution is 2.17. The smallest absolute Gasteiger partial charge is 0.279 e. The van der Waals surface area contributed by atoms with Gasteiger partial charge in [-0.15, -0.1) is 0 Å². The van der Waals surface area contributed by atoms with Crippen LogP contribution in [0.3, 0.4) is 0 Å². The average molecular weight is 394 g/mol. The molecule has 1 atom stereocenters. The zero-order valence-electron chi connectivity index (χ0n) is 14.2. The van der Waals surface area contributed by atoms with Crippen LogP contribution in [0.15, 0.2) is 48.5 Å². The maximum atomic E-state index is 11.9. The number of amides is 2. The summed E-state index contributed by atoms with van der Waals surface area (Å²) in [4.78, 5) is 33.6. The summed E-state index contributed by atoms with van der Waals surface area (Å²) in [6.07, 6.45) is -0.859. The molecule has 2 amide bonds. The van der Waals surface area contributed by atoms with Gasteiger partial charge in [-0.1, -0.05) is 11.6 Å². The van der Waals surface area contributed by atoms with Crippen LogP contribution in [-0.2, 0) is 9.59 Å². The fourth-order valence-corrected chi connectivity index (χ4v) is 1.98. The molecule has 0 saturated carbocycles. The molecule has 0 heterocycles. The van der Waals surface area contributed by atoms with Crippen LogP contribution in [0, 0.1) is 10.1 Å². The number of hydrogen-bond acceptors (Lipinski definition) is 6. The van der Waals surface area contributed by atoms with E-state index in [1.165, 1.54) is 31.2 Å². The van der Waals surface area contributed by atoms with E-state index >= 15 is 0 Å². The number of carbonyl (C=O) groups is 2. The number of benzene rings is 2. The summed E-state index contributed by atoms with van der Waals surface area (Å²) in [5, 5.41) is 11.1. The van der Waals surface area contributed by atoms with Crippen molar-refractivity contribution >= 4 is 29.1 Å². The summed E-state index contributed by atoms with van der Waals surface area (Å²) in [5.41, 5.74) is 4.31. The van der Waals surface area contributed by atoms with Gasteiger partial charge in [-0.25, -0.2) is 0 Å². The molecule has 0 bridgehead atoms. The monoisotopic (exact) mass is 393 g/mol. The van der Waals surface area contributed by atoms with E-state index in [1.54, 1.807) is 24.3 Å². The SMILES string of the molecule is CC(Oc1ccc(Cl)cc1)C(=O)NNC(=O)COc1ccc([N+](=O)[O-])cc1. The lowest BCUT2D eigenvalue weighted by Gasteiger charge is -2.15. The number of carbonyl (C=O) groups excluding carboxylic acids is 2. The van der Waals surface area contributed by atoms with E-state index < -0.39 is 22.8 Å². The average Bonchev–Trinajstić information content (AvgIpc) is 2.66. The molecular formula is C17H16ClN3O6. The van der Waals surface area contributed by atoms with E-state index in [0.29, 0.717) is 10.8 Å². The van der Waals surface area contributed by atoms with Crippen molar-refractivity contribution in [3.8, 4) is 11.5 Å². The third kappa shape index (κ3) is 6.48. The van der Waals surface area contributed by atoms with Crippen LogP contribution in [-0.4, -0.2) is 29.4 Å². The first kappa shape index (κ1) is 20.0. The first-order valence-electron chi connectivity index (χ1n) is 7.73. The number of ether oxygens (including phenoxy) is 2. The van der Waals surface area contributed by atoms with Crippen molar-refractivity contribution in [3.05, 3.63) is 63.7 Å². The highest BCUT2D eigenvalue weighted by molar-refractivity contribution is 6.30. The van der Waals surface area contributed by atoms with Gasteiger partial charge >= 0.3 is 0 Å². The van der Waals surface area contributed by atoms with E-state index in [1.807, 2.05) is 0 Å². The number of hydrogen-bond donors (Lipinski definition) is 2. The molecule has 0 aliphatic rings. The summed E-state index contributed by atoms with van der Waals surface area (Å²) in [5.74, 6) is -0.439. The molecule has 142 valence electrons. The second kappa shape index (κ2) is 9.39. The van der Waals surface area contributed by atoms with Gasteiger partial charge in [0, 0.05) is 17.2 Å². The Labute approximate surface area is 159 Å². The van der Waals surface area contributed by atoms with Crippen LogP contribution in [0.25, 0.3) is 0 Å². The maximum absolute atomic E-state index is 11.9. The number of rotatable bonds is 7. The summed E-state index contributed by atoms with van der Waals surface area (Å²) in [7, 11) is 0. The van der Waals surface area contributed by atoms with Gasteiger partial charge in [-0.05, 0) is 43.3 Å². The number of nitrogens with one attached hydrogen (secondary N) is 2. The Bertz CT molecular complexity index is 810. The van der Waals surface area contributed by atoms with Crippen molar-refractivity contribution in [2.45, 2.75) is 13.0 Å². The third-order valence-electron chi connectivity index (χ3n) is 3.24. The highest BCUT2D eigenvalue weighted by Gasteiger charge is 2.15. The molecule has 0 fully saturated rings. The lowest BCUT2D eigenvalue weighted by atomic mass is 10.3. The number of hydrazine groups is 1. The maximum Gasteiger partial charge on any atom is 0.279 e. The Morgan fingerprint density at radius 1 is 1.07 bits per heavy atom. The van der Waals surface area contributed by atoms with E-state index in [9.17, 15) is 19.7 Å². The van der Waals surface area contributed by atoms with Crippen molar-refractivity contribution in [3.63, 3.8) is 0 Å². The Kier molecular flexibility index (Phi) is 6.95. The number of nitro groups is 1. The molecule has 9 nitrogen and oxygen atoms in total. The van der Waals surface area contributed by atoms with Crippen molar-refractivity contribution in [2.24, 2.45) is 0 Å². The first-order valence-corrected chi connectivity index (χ1v) is 8.11. The predicted molar refractivity (Wildman–Crippen MR) is 96.4 cm³/mol. The fourth-order valence-electron chi connectivity index (χ4n) is 1.85. The molecule has 0 aliphatic heterocycles. The van der Waals surface area contributed by atoms with Crippen LogP contribution in [0.4, 0.5) is 5.69 Å². The van der Waals surface area contributed by atoms with Gasteiger partial charge in [-0.3, -0.25) is 30.6 Å². The van der Waals surface area contributed by atoms with E-state index in [-0.39, 0.29) is 18.0 Å². The predicted octanol–water partition coefficient (Wildman–Crippen LogP) is 2.24. The molecular weight excluding hydrogens is 378 g/mol. The highest BCUT2D eigenvalue weighted by atomic mass is 35.5. The molecule has 1 unspecified atom stereocenters. The lowest BCUT2D eigenvalue weighted by Crippen LogP contribution is -2.48. The van der Waals surface area contributed by atoms with Crippen LogP contribution >= 0.6 is 11.6 Å². The standard InChI is InChI=1S/C17H16ClN3O6/c1-11(27-15-6-2-12(18)3-7-15)17(23)20-19-16(22)10-26-14-8-4-13(5-9-14)21(24)25/h2-9,11H,10H2,1H3,(H,19,22)(H,20,23). The van der Waals surface area contributed by atoms with Gasteiger partial charge < -0.3 is 9.47 Å². The van der Waals surface area contributed by atoms with Crippen LogP contribution in [0.5, 0.6) is 11.5 Å². The fraction of sp³-hybridized carbons (Fsp3) is 0.176. The molecule has 2 aromatic rings. The molecule has 0 radical (unpaired) electrons. The molecule has 0 aliphatic carbocycles. The van der Waals surface area contributed by atoms with Crippen molar-refractivity contribution in [1.82, 2.24) is 10.9 Å². The minimum Gasteiger partial charge on any atom is -0.484 e. The normalized spacial score (nSPS) is 11.2. The van der Waals surface area contributed by atoms with Crippen molar-refractivity contribution < 1.29 is 24.0 Å². The zero-order valence-corrected chi connectivity index (χ0v) is 14.9. The van der Waals surface area contributed by atoms with Gasteiger partial charge in [0.25, 0.3) is 17.5 Å². The first-order chi connectivity index (χ1) is 12.8. The largest absolute Gasteiger partial charge is 0.484 e. The summed E-state index contributed by atoms with van der Waals surface area (Å²) in [6, 6.07) is 11.7. The molecule has 2 N–H and O–H groups in total. The van der Waals surface area contributed by atoms with Gasteiger partial charge in [0.15, 0.2) is 12.7 Å². The quantitative estimate of drug-likeness (QED) is 0.550. The number of halogens is 1. The second-order valence-electron chi connectivity index (χ2n) is 5.29. The molecule has 0 aromatic heterocycles. The van der Waals surface area contributed by atoms with Gasteiger partial charge in [0.05, 0.1) is 4.92 Å². The Hall–Kier alpha value is -3.33. The summed E-state index contributed by atoms with van der Waals surface area (Å²) >= 11 is 5.77. The topological polar surface area (TPSA) is 120 Å². The number of nitrogens with zero attached hydrogens (tertiary/aromatic N) is 1. The molecule has 27 heavy (non-hydrogen) atoms. The van der Waals surface area contributed by atoms with Crippen LogP contribution in [0.1, 0.15) is 6.92 Å². The minimum atomic E-state index is -0.859. The van der Waals surface area contributed by atoms with Gasteiger partial charge in [0.2, 0.25) is 0 Å². The Morgan fingerprint density at radius 2 is 1.67 bits per heavy atom. The molecule has 0 spiro atoms. The molecule has 2 aromatic carbocycles. The molecule has 0 saturated heterocycles. The van der Waals surface area contributed by atoms with Crippen molar-refractivity contribution in [2.75, 3.05) is 6.61 Å². The van der Waals surface area contributed by atoms with E-state index in [0.717, 1.165) is 0 Å². The summed E-state index contributed by atoms with van der Waals surface area (Å²) in [6.45, 7) is 1.13.